The van der Waals surface area contributed by atoms with Crippen LogP contribution < -0.4 is 4.57 Å². The Labute approximate surface area is 142 Å². The molecule has 0 N–H and O–H groups in total. The average molecular weight is 313 g/mol. The summed E-state index contributed by atoms with van der Waals surface area (Å²) in [5.74, 6) is 0. The van der Waals surface area contributed by atoms with Gasteiger partial charge in [0.15, 0.2) is 6.20 Å². The summed E-state index contributed by atoms with van der Waals surface area (Å²) < 4.78 is 2.42. The fourth-order valence-corrected chi connectivity index (χ4v) is 3.39. The summed E-state index contributed by atoms with van der Waals surface area (Å²) in [4.78, 5) is 0. The molecule has 126 valence electrons. The monoisotopic (exact) mass is 312 g/mol. The summed E-state index contributed by atoms with van der Waals surface area (Å²) in [5.41, 5.74) is 2.75. The number of benzene rings is 1. The molecule has 0 bridgehead atoms. The van der Waals surface area contributed by atoms with Crippen molar-refractivity contribution >= 4 is 10.9 Å². The number of unbranched alkanes of at least 4 members (excludes halogenated alkanes) is 9. The second kappa shape index (κ2) is 10.4. The van der Waals surface area contributed by atoms with Crippen molar-refractivity contribution in [3.05, 3.63) is 42.1 Å². The zero-order valence-corrected chi connectivity index (χ0v) is 15.2. The lowest BCUT2D eigenvalue weighted by atomic mass is 10.1. The van der Waals surface area contributed by atoms with E-state index in [1.165, 1.54) is 80.7 Å². The van der Waals surface area contributed by atoms with Gasteiger partial charge in [-0.15, -0.1) is 0 Å². The minimum absolute atomic E-state index is 1.15. The number of fused-ring (bicyclic) bond motifs is 1. The fourth-order valence-electron chi connectivity index (χ4n) is 3.39. The first kappa shape index (κ1) is 18.0. The van der Waals surface area contributed by atoms with Crippen molar-refractivity contribution in [3.8, 4) is 0 Å². The molecule has 0 amide bonds. The van der Waals surface area contributed by atoms with Crippen LogP contribution in [-0.2, 0) is 6.54 Å². The van der Waals surface area contributed by atoms with Crippen LogP contribution in [0.1, 0.15) is 76.7 Å². The maximum atomic E-state index is 2.42. The Hall–Kier alpha value is -1.37. The van der Waals surface area contributed by atoms with E-state index in [9.17, 15) is 0 Å². The third-order valence-electron chi connectivity index (χ3n) is 4.90. The van der Waals surface area contributed by atoms with Crippen molar-refractivity contribution in [3.63, 3.8) is 0 Å². The number of para-hydroxylation sites is 1. The number of aromatic nitrogens is 1. The summed E-state index contributed by atoms with van der Waals surface area (Å²) >= 11 is 0. The molecule has 1 nitrogen and oxygen atoms in total. The first-order chi connectivity index (χ1) is 11.3. The van der Waals surface area contributed by atoms with Crippen LogP contribution in [0.5, 0.6) is 0 Å². The van der Waals surface area contributed by atoms with Crippen LogP contribution in [0, 0.1) is 6.92 Å². The maximum absolute atomic E-state index is 2.42. The molecule has 0 radical (unpaired) electrons. The highest BCUT2D eigenvalue weighted by Gasteiger charge is 2.09. The van der Waals surface area contributed by atoms with E-state index in [-0.39, 0.29) is 0 Å². The molecule has 2 aromatic rings. The zero-order chi connectivity index (χ0) is 16.3. The Morgan fingerprint density at radius 2 is 1.35 bits per heavy atom. The normalized spacial score (nSPS) is 11.2. The highest BCUT2D eigenvalue weighted by atomic mass is 14.9. The summed E-state index contributed by atoms with van der Waals surface area (Å²) in [7, 11) is 0. The Morgan fingerprint density at radius 3 is 2.04 bits per heavy atom. The van der Waals surface area contributed by atoms with Gasteiger partial charge in [-0.1, -0.05) is 70.4 Å². The van der Waals surface area contributed by atoms with Crippen molar-refractivity contribution in [1.29, 1.82) is 0 Å². The molecule has 2 rings (SSSR count). The first-order valence-corrected chi connectivity index (χ1v) is 9.70. The van der Waals surface area contributed by atoms with Crippen LogP contribution in [0.25, 0.3) is 10.9 Å². The van der Waals surface area contributed by atoms with E-state index >= 15 is 0 Å². The van der Waals surface area contributed by atoms with E-state index in [1.807, 2.05) is 0 Å². The fraction of sp³-hybridized carbons (Fsp3) is 0.591. The number of nitrogens with zero attached hydrogens (tertiary/aromatic N) is 1. The minimum atomic E-state index is 1.15. The molecule has 1 aromatic heterocycles. The number of pyridine rings is 1. The molecule has 23 heavy (non-hydrogen) atoms. The van der Waals surface area contributed by atoms with E-state index in [0.717, 1.165) is 6.54 Å². The van der Waals surface area contributed by atoms with Crippen molar-refractivity contribution in [2.45, 2.75) is 84.6 Å². The van der Waals surface area contributed by atoms with Gasteiger partial charge in [-0.25, -0.2) is 0 Å². The molecule has 1 aromatic carbocycles. The quantitative estimate of drug-likeness (QED) is 0.336. The Kier molecular flexibility index (Phi) is 8.14. The van der Waals surface area contributed by atoms with E-state index in [1.54, 1.807) is 0 Å². The van der Waals surface area contributed by atoms with Crippen LogP contribution >= 0.6 is 0 Å². The van der Waals surface area contributed by atoms with Crippen molar-refractivity contribution in [2.75, 3.05) is 0 Å². The maximum Gasteiger partial charge on any atom is 0.212 e. The molecule has 0 atom stereocenters. The van der Waals surface area contributed by atoms with Crippen molar-refractivity contribution in [2.24, 2.45) is 0 Å². The van der Waals surface area contributed by atoms with E-state index in [4.69, 9.17) is 0 Å². The van der Waals surface area contributed by atoms with Gasteiger partial charge in [0.1, 0.15) is 6.54 Å². The van der Waals surface area contributed by atoms with Gasteiger partial charge in [0.25, 0.3) is 0 Å². The summed E-state index contributed by atoms with van der Waals surface area (Å²) in [6, 6.07) is 11.0. The van der Waals surface area contributed by atoms with Gasteiger partial charge in [-0.3, -0.25) is 0 Å². The van der Waals surface area contributed by atoms with Crippen LogP contribution in [0.3, 0.4) is 0 Å². The number of aryl methyl sites for hydroxylation is 2. The molecule has 1 heteroatoms. The SMILES string of the molecule is CCCCCCCCCCCC[n+]1ccc(C)c2ccccc21. The van der Waals surface area contributed by atoms with Crippen LogP contribution in [0.2, 0.25) is 0 Å². The third-order valence-corrected chi connectivity index (χ3v) is 4.90. The lowest BCUT2D eigenvalue weighted by Gasteiger charge is -2.04. The first-order valence-electron chi connectivity index (χ1n) is 9.70. The topological polar surface area (TPSA) is 3.88 Å². The molecule has 0 unspecified atom stereocenters. The second-order valence-corrected chi connectivity index (χ2v) is 6.89. The number of rotatable bonds is 11. The minimum Gasteiger partial charge on any atom is -0.198 e. The molecule has 0 spiro atoms. The van der Waals surface area contributed by atoms with Crippen molar-refractivity contribution < 1.29 is 4.57 Å². The van der Waals surface area contributed by atoms with E-state index in [2.05, 4.69) is 54.9 Å². The smallest absolute Gasteiger partial charge is 0.198 e. The summed E-state index contributed by atoms with van der Waals surface area (Å²) in [5, 5.41) is 1.39. The number of hydrogen-bond acceptors (Lipinski definition) is 0. The van der Waals surface area contributed by atoms with Crippen LogP contribution in [0.15, 0.2) is 36.5 Å². The highest BCUT2D eigenvalue weighted by molar-refractivity contribution is 5.78. The van der Waals surface area contributed by atoms with Gasteiger partial charge >= 0.3 is 0 Å². The zero-order valence-electron chi connectivity index (χ0n) is 15.2. The number of hydrogen-bond donors (Lipinski definition) is 0. The standard InChI is InChI=1S/C22H34N/c1-3-4-5-6-7-8-9-10-11-14-18-23-19-17-20(2)21-15-12-13-16-22(21)23/h12-13,15-17,19H,3-11,14,18H2,1-2H3/q+1. The Balaban J connectivity index is 1.65. The largest absolute Gasteiger partial charge is 0.212 e. The second-order valence-electron chi connectivity index (χ2n) is 6.89. The molecule has 0 saturated heterocycles. The molecular weight excluding hydrogens is 278 g/mol. The molecule has 0 fully saturated rings. The summed E-state index contributed by atoms with van der Waals surface area (Å²) in [6.45, 7) is 5.64. The Bertz CT molecular complexity index is 573. The molecule has 0 aliphatic rings. The average Bonchev–Trinajstić information content (AvgIpc) is 2.58. The molecule has 0 saturated carbocycles. The Morgan fingerprint density at radius 1 is 0.739 bits per heavy atom. The van der Waals surface area contributed by atoms with Gasteiger partial charge in [0.2, 0.25) is 5.52 Å². The third kappa shape index (κ3) is 5.97. The van der Waals surface area contributed by atoms with Gasteiger partial charge in [0, 0.05) is 23.9 Å². The highest BCUT2D eigenvalue weighted by Crippen LogP contribution is 2.14. The van der Waals surface area contributed by atoms with Gasteiger partial charge in [0.05, 0.1) is 0 Å². The van der Waals surface area contributed by atoms with Crippen LogP contribution in [0.4, 0.5) is 0 Å². The van der Waals surface area contributed by atoms with Gasteiger partial charge in [-0.05, 0) is 25.0 Å². The lowest BCUT2D eigenvalue weighted by molar-refractivity contribution is -0.671. The van der Waals surface area contributed by atoms with Gasteiger partial charge in [-0.2, -0.15) is 4.57 Å². The molecular formula is C22H34N+. The van der Waals surface area contributed by atoms with E-state index < -0.39 is 0 Å². The summed E-state index contributed by atoms with van der Waals surface area (Å²) in [6.07, 6.45) is 16.3. The molecule has 1 heterocycles. The van der Waals surface area contributed by atoms with Crippen molar-refractivity contribution in [1.82, 2.24) is 0 Å². The van der Waals surface area contributed by atoms with Crippen LogP contribution in [-0.4, -0.2) is 0 Å². The predicted octanol–water partition coefficient (Wildman–Crippen LogP) is 6.36. The van der Waals surface area contributed by atoms with Gasteiger partial charge < -0.3 is 0 Å². The van der Waals surface area contributed by atoms with E-state index in [0.29, 0.717) is 0 Å². The lowest BCUT2D eigenvalue weighted by Crippen LogP contribution is -2.34. The predicted molar refractivity (Wildman–Crippen MR) is 101 cm³/mol. The molecule has 0 aliphatic carbocycles. The molecule has 0 aliphatic heterocycles.